The first-order chi connectivity index (χ1) is 10.7. The van der Waals surface area contributed by atoms with Gasteiger partial charge in [0.2, 0.25) is 5.91 Å². The maximum Gasteiger partial charge on any atom is 0.251 e. The number of nitrogens with zero attached hydrogens (tertiary/aromatic N) is 1. The molecular formula is C18H26N2O3. The van der Waals surface area contributed by atoms with Gasteiger partial charge in [-0.25, -0.2) is 0 Å². The SMILES string of the molecule is CC(C)Cc1ccc([C@H](C)C(=O)N2CC[C@](O)(C(N)=O)C2)cc1. The number of rotatable bonds is 5. The van der Waals surface area contributed by atoms with E-state index in [0.29, 0.717) is 12.5 Å². The highest BCUT2D eigenvalue weighted by Crippen LogP contribution is 2.26. The molecule has 2 atom stereocenters. The third-order valence-corrected chi connectivity index (χ3v) is 4.51. The molecule has 5 nitrogen and oxygen atoms in total. The van der Waals surface area contributed by atoms with E-state index in [-0.39, 0.29) is 24.8 Å². The van der Waals surface area contributed by atoms with Gasteiger partial charge in [0.1, 0.15) is 0 Å². The van der Waals surface area contributed by atoms with Crippen LogP contribution < -0.4 is 5.73 Å². The van der Waals surface area contributed by atoms with Gasteiger partial charge >= 0.3 is 0 Å². The van der Waals surface area contributed by atoms with Crippen molar-refractivity contribution in [3.8, 4) is 0 Å². The maximum atomic E-state index is 12.6. The average molecular weight is 318 g/mol. The molecule has 1 heterocycles. The molecular weight excluding hydrogens is 292 g/mol. The Balaban J connectivity index is 2.04. The summed E-state index contributed by atoms with van der Waals surface area (Å²) in [6, 6.07) is 8.08. The summed E-state index contributed by atoms with van der Waals surface area (Å²) in [5, 5.41) is 10.1. The van der Waals surface area contributed by atoms with Gasteiger partial charge < -0.3 is 15.7 Å². The Bertz CT molecular complexity index is 582. The quantitative estimate of drug-likeness (QED) is 0.861. The fourth-order valence-corrected chi connectivity index (χ4v) is 3.01. The number of benzene rings is 1. The molecule has 1 aliphatic heterocycles. The molecule has 23 heavy (non-hydrogen) atoms. The standard InChI is InChI=1S/C18H26N2O3/c1-12(2)10-14-4-6-15(7-5-14)13(3)16(21)20-9-8-18(23,11-20)17(19)22/h4-7,12-13,23H,8-11H2,1-3H3,(H2,19,22)/t13-,18+/m0/s1. The number of hydrogen-bond acceptors (Lipinski definition) is 3. The van der Waals surface area contributed by atoms with Crippen LogP contribution >= 0.6 is 0 Å². The highest BCUT2D eigenvalue weighted by Gasteiger charge is 2.43. The summed E-state index contributed by atoms with van der Waals surface area (Å²) in [5.74, 6) is -0.563. The van der Waals surface area contributed by atoms with Crippen molar-refractivity contribution in [3.63, 3.8) is 0 Å². The van der Waals surface area contributed by atoms with E-state index in [4.69, 9.17) is 5.73 Å². The zero-order chi connectivity index (χ0) is 17.2. The molecule has 0 spiro atoms. The van der Waals surface area contributed by atoms with E-state index in [1.165, 1.54) is 10.5 Å². The fourth-order valence-electron chi connectivity index (χ4n) is 3.01. The highest BCUT2D eigenvalue weighted by molar-refractivity contribution is 5.88. The second kappa shape index (κ2) is 6.71. The molecule has 0 aromatic heterocycles. The molecule has 0 unspecified atom stereocenters. The van der Waals surface area contributed by atoms with Gasteiger partial charge in [-0.1, -0.05) is 38.1 Å². The van der Waals surface area contributed by atoms with Gasteiger partial charge in [0.25, 0.3) is 5.91 Å². The minimum atomic E-state index is -1.59. The Morgan fingerprint density at radius 1 is 1.26 bits per heavy atom. The van der Waals surface area contributed by atoms with Crippen molar-refractivity contribution in [3.05, 3.63) is 35.4 Å². The lowest BCUT2D eigenvalue weighted by molar-refractivity contribution is -0.137. The predicted octanol–water partition coefficient (Wildman–Crippen LogP) is 1.44. The summed E-state index contributed by atoms with van der Waals surface area (Å²) in [7, 11) is 0. The Morgan fingerprint density at radius 2 is 1.87 bits per heavy atom. The molecule has 3 N–H and O–H groups in total. The molecule has 1 aliphatic rings. The summed E-state index contributed by atoms with van der Waals surface area (Å²) >= 11 is 0. The first kappa shape index (κ1) is 17.5. The largest absolute Gasteiger partial charge is 0.378 e. The van der Waals surface area contributed by atoms with Crippen LogP contribution in [0.1, 0.15) is 44.2 Å². The lowest BCUT2D eigenvalue weighted by atomic mass is 9.96. The average Bonchev–Trinajstić information content (AvgIpc) is 2.90. The van der Waals surface area contributed by atoms with Crippen LogP contribution in [-0.4, -0.2) is 40.5 Å². The number of carbonyl (C=O) groups excluding carboxylic acids is 2. The number of amides is 2. The normalized spacial score (nSPS) is 22.4. The molecule has 5 heteroatoms. The van der Waals surface area contributed by atoms with Crippen molar-refractivity contribution in [2.75, 3.05) is 13.1 Å². The molecule has 2 amide bonds. The summed E-state index contributed by atoms with van der Waals surface area (Å²) in [6.07, 6.45) is 1.22. The molecule has 0 bridgehead atoms. The van der Waals surface area contributed by atoms with Crippen LogP contribution in [0.3, 0.4) is 0 Å². The topological polar surface area (TPSA) is 83.6 Å². The smallest absolute Gasteiger partial charge is 0.251 e. The van der Waals surface area contributed by atoms with Crippen LogP contribution in [-0.2, 0) is 16.0 Å². The van der Waals surface area contributed by atoms with E-state index in [0.717, 1.165) is 12.0 Å². The zero-order valence-electron chi connectivity index (χ0n) is 14.1. The molecule has 2 rings (SSSR count). The lowest BCUT2D eigenvalue weighted by Gasteiger charge is -2.23. The first-order valence-corrected chi connectivity index (χ1v) is 8.13. The Morgan fingerprint density at radius 3 is 2.35 bits per heavy atom. The molecule has 126 valence electrons. The monoisotopic (exact) mass is 318 g/mol. The van der Waals surface area contributed by atoms with Crippen LogP contribution in [0, 0.1) is 5.92 Å². The van der Waals surface area contributed by atoms with Gasteiger partial charge in [-0.3, -0.25) is 9.59 Å². The molecule has 0 radical (unpaired) electrons. The van der Waals surface area contributed by atoms with Crippen LogP contribution in [0.25, 0.3) is 0 Å². The van der Waals surface area contributed by atoms with Crippen molar-refractivity contribution >= 4 is 11.8 Å². The van der Waals surface area contributed by atoms with Crippen LogP contribution in [0.2, 0.25) is 0 Å². The van der Waals surface area contributed by atoms with Crippen molar-refractivity contribution in [1.29, 1.82) is 0 Å². The number of primary amides is 1. The van der Waals surface area contributed by atoms with Crippen molar-refractivity contribution < 1.29 is 14.7 Å². The Hall–Kier alpha value is -1.88. The van der Waals surface area contributed by atoms with Crippen molar-refractivity contribution in [2.24, 2.45) is 11.7 Å². The fraction of sp³-hybridized carbons (Fsp3) is 0.556. The minimum absolute atomic E-state index is 0.0169. The Kier molecular flexibility index (Phi) is 5.09. The summed E-state index contributed by atoms with van der Waals surface area (Å²) in [5.41, 5.74) is 5.82. The van der Waals surface area contributed by atoms with E-state index < -0.39 is 11.5 Å². The summed E-state index contributed by atoms with van der Waals surface area (Å²) in [6.45, 7) is 6.53. The number of hydrogen-bond donors (Lipinski definition) is 2. The number of nitrogens with two attached hydrogens (primary N) is 1. The number of β-amino-alcohol motifs (C(OH)–C–C–N with tert-alkyl or cyclic N) is 1. The maximum absolute atomic E-state index is 12.6. The molecule has 1 fully saturated rings. The highest BCUT2D eigenvalue weighted by atomic mass is 16.3. The van der Waals surface area contributed by atoms with Crippen molar-refractivity contribution in [1.82, 2.24) is 4.90 Å². The molecule has 1 aromatic carbocycles. The first-order valence-electron chi connectivity index (χ1n) is 8.13. The number of aliphatic hydroxyl groups is 1. The lowest BCUT2D eigenvalue weighted by Crippen LogP contribution is -2.47. The second-order valence-corrected chi connectivity index (χ2v) is 6.97. The summed E-state index contributed by atoms with van der Waals surface area (Å²) in [4.78, 5) is 25.4. The van der Waals surface area contributed by atoms with E-state index >= 15 is 0 Å². The van der Waals surface area contributed by atoms with Crippen LogP contribution in [0.4, 0.5) is 0 Å². The van der Waals surface area contributed by atoms with Gasteiger partial charge in [0.05, 0.1) is 12.5 Å². The van der Waals surface area contributed by atoms with Gasteiger partial charge in [-0.2, -0.15) is 0 Å². The van der Waals surface area contributed by atoms with E-state index in [1.54, 1.807) is 0 Å². The van der Waals surface area contributed by atoms with Gasteiger partial charge in [-0.05, 0) is 30.4 Å². The van der Waals surface area contributed by atoms with Crippen LogP contribution in [0.5, 0.6) is 0 Å². The van der Waals surface area contributed by atoms with E-state index in [1.807, 2.05) is 19.1 Å². The predicted molar refractivity (Wildman–Crippen MR) is 88.7 cm³/mol. The third-order valence-electron chi connectivity index (χ3n) is 4.51. The van der Waals surface area contributed by atoms with E-state index in [2.05, 4.69) is 26.0 Å². The van der Waals surface area contributed by atoms with Crippen LogP contribution in [0.15, 0.2) is 24.3 Å². The third kappa shape index (κ3) is 3.91. The van der Waals surface area contributed by atoms with E-state index in [9.17, 15) is 14.7 Å². The number of likely N-dealkylation sites (tertiary alicyclic amines) is 1. The van der Waals surface area contributed by atoms with Gasteiger partial charge in [0, 0.05) is 13.0 Å². The number of carbonyl (C=O) groups is 2. The van der Waals surface area contributed by atoms with Crippen molar-refractivity contribution in [2.45, 2.75) is 45.1 Å². The molecule has 1 saturated heterocycles. The Labute approximate surface area is 137 Å². The minimum Gasteiger partial charge on any atom is -0.378 e. The molecule has 0 aliphatic carbocycles. The second-order valence-electron chi connectivity index (χ2n) is 6.97. The molecule has 1 aromatic rings. The zero-order valence-corrected chi connectivity index (χ0v) is 14.1. The van der Waals surface area contributed by atoms with Gasteiger partial charge in [0.15, 0.2) is 5.60 Å². The van der Waals surface area contributed by atoms with Gasteiger partial charge in [-0.15, -0.1) is 0 Å². The molecule has 0 saturated carbocycles. The summed E-state index contributed by atoms with van der Waals surface area (Å²) < 4.78 is 0.